The lowest BCUT2D eigenvalue weighted by molar-refractivity contribution is -0.174. The van der Waals surface area contributed by atoms with Crippen LogP contribution in [-0.2, 0) is 19.1 Å². The van der Waals surface area contributed by atoms with Crippen molar-refractivity contribution in [2.45, 2.75) is 45.1 Å². The molecule has 0 rings (SSSR count). The van der Waals surface area contributed by atoms with Crippen LogP contribution in [0.25, 0.3) is 0 Å². The fourth-order valence-corrected chi connectivity index (χ4v) is 1.28. The van der Waals surface area contributed by atoms with Gasteiger partial charge >= 0.3 is 16.8 Å². The summed E-state index contributed by atoms with van der Waals surface area (Å²) < 4.78 is 35.5. The van der Waals surface area contributed by atoms with E-state index >= 15 is 0 Å². The Kier molecular flexibility index (Phi) is 6.32. The first-order valence-corrected chi connectivity index (χ1v) is 6.79. The predicted molar refractivity (Wildman–Crippen MR) is 73.6 cm³/mol. The zero-order valence-electron chi connectivity index (χ0n) is 12.1. The van der Waals surface area contributed by atoms with Gasteiger partial charge in [-0.15, -0.1) is 0 Å². The topological polar surface area (TPSA) is 52.6 Å². The Labute approximate surface area is 125 Å². The summed E-state index contributed by atoms with van der Waals surface area (Å²) in [6, 6.07) is 0. The number of esters is 2. The average molecular weight is 357 g/mol. The molecule has 0 aromatic heterocycles. The van der Waals surface area contributed by atoms with E-state index in [9.17, 15) is 18.4 Å². The van der Waals surface area contributed by atoms with E-state index in [1.54, 1.807) is 27.7 Å². The second-order valence-corrected chi connectivity index (χ2v) is 6.36. The number of alkyl halides is 3. The van der Waals surface area contributed by atoms with Gasteiger partial charge in [-0.2, -0.15) is 8.78 Å². The van der Waals surface area contributed by atoms with Crippen LogP contribution in [0, 0.1) is 5.41 Å². The third kappa shape index (κ3) is 6.45. The zero-order chi connectivity index (χ0) is 16.2. The van der Waals surface area contributed by atoms with Crippen LogP contribution in [-0.4, -0.2) is 29.0 Å². The van der Waals surface area contributed by atoms with Crippen molar-refractivity contribution >= 4 is 27.9 Å². The molecule has 0 spiro atoms. The molecule has 0 amide bonds. The summed E-state index contributed by atoms with van der Waals surface area (Å²) in [6.07, 6.45) is 1.20. The molecule has 0 fully saturated rings. The number of hydrogen-bond donors (Lipinski definition) is 0. The molecule has 1 unspecified atom stereocenters. The zero-order valence-corrected chi connectivity index (χ0v) is 13.7. The third-order valence-corrected chi connectivity index (χ3v) is 2.39. The van der Waals surface area contributed by atoms with Crippen LogP contribution in [0.1, 0.15) is 34.6 Å². The van der Waals surface area contributed by atoms with Crippen molar-refractivity contribution < 1.29 is 27.8 Å². The minimum atomic E-state index is -3.33. The molecule has 0 aliphatic carbocycles. The molecular formula is C13H19BrF2O4. The molecule has 0 saturated heterocycles. The maximum absolute atomic E-state index is 12.8. The van der Waals surface area contributed by atoms with Crippen LogP contribution < -0.4 is 0 Å². The highest BCUT2D eigenvalue weighted by molar-refractivity contribution is 9.10. The Hall–Kier alpha value is -0.980. The molecule has 0 aromatic rings. The lowest BCUT2D eigenvalue weighted by Crippen LogP contribution is -2.41. The molecule has 1 atom stereocenters. The summed E-state index contributed by atoms with van der Waals surface area (Å²) in [4.78, 5) is 20.6. The number of ether oxygens (including phenoxy) is 2. The largest absolute Gasteiger partial charge is 0.465 e. The first kappa shape index (κ1) is 19.0. The van der Waals surface area contributed by atoms with E-state index in [0.717, 1.165) is 6.08 Å². The standard InChI is InChI=1S/C13H19BrF2O4/c1-6-19-9(17)12(5,7-8-13(14,15)16)10(18)20-11(2,3)4/h7-8H,6H2,1-5H3/b8-7+. The van der Waals surface area contributed by atoms with Gasteiger partial charge in [0.15, 0.2) is 5.41 Å². The Morgan fingerprint density at radius 3 is 1.95 bits per heavy atom. The summed E-state index contributed by atoms with van der Waals surface area (Å²) in [5.41, 5.74) is -2.78. The molecule has 20 heavy (non-hydrogen) atoms. The molecule has 0 radical (unpaired) electrons. The molecular weight excluding hydrogens is 338 g/mol. The highest BCUT2D eigenvalue weighted by Crippen LogP contribution is 2.30. The van der Waals surface area contributed by atoms with Crippen molar-refractivity contribution in [1.82, 2.24) is 0 Å². The number of halogens is 3. The van der Waals surface area contributed by atoms with Crippen LogP contribution >= 0.6 is 15.9 Å². The van der Waals surface area contributed by atoms with E-state index < -0.39 is 27.8 Å². The van der Waals surface area contributed by atoms with E-state index in [0.29, 0.717) is 6.08 Å². The SMILES string of the molecule is CCOC(=O)C(C)(/C=C/C(F)(F)Br)C(=O)OC(C)(C)C. The first-order valence-electron chi connectivity index (χ1n) is 5.99. The Balaban J connectivity index is 5.42. The van der Waals surface area contributed by atoms with Crippen LogP contribution in [0.3, 0.4) is 0 Å². The molecule has 7 heteroatoms. The van der Waals surface area contributed by atoms with Crippen LogP contribution in [0.15, 0.2) is 12.2 Å². The average Bonchev–Trinajstić information content (AvgIpc) is 2.22. The minimum absolute atomic E-state index is 0.0236. The van der Waals surface area contributed by atoms with Crippen molar-refractivity contribution in [2.75, 3.05) is 6.61 Å². The van der Waals surface area contributed by atoms with Gasteiger partial charge in [0.1, 0.15) is 5.60 Å². The monoisotopic (exact) mass is 356 g/mol. The number of rotatable bonds is 5. The second-order valence-electron chi connectivity index (χ2n) is 5.30. The van der Waals surface area contributed by atoms with Gasteiger partial charge in [-0.3, -0.25) is 9.59 Å². The van der Waals surface area contributed by atoms with E-state index in [2.05, 4.69) is 15.9 Å². The number of hydrogen-bond acceptors (Lipinski definition) is 4. The van der Waals surface area contributed by atoms with Gasteiger partial charge in [0.25, 0.3) is 0 Å². The molecule has 4 nitrogen and oxygen atoms in total. The van der Waals surface area contributed by atoms with Crippen molar-refractivity contribution in [3.05, 3.63) is 12.2 Å². The summed E-state index contributed by atoms with van der Waals surface area (Å²) in [5.74, 6) is -1.89. The molecule has 0 saturated carbocycles. The fraction of sp³-hybridized carbons (Fsp3) is 0.692. The summed E-state index contributed by atoms with van der Waals surface area (Å²) in [5, 5.41) is 0. The van der Waals surface area contributed by atoms with Gasteiger partial charge in [-0.25, -0.2) is 0 Å². The number of carbonyl (C=O) groups excluding carboxylic acids is 2. The Morgan fingerprint density at radius 2 is 1.60 bits per heavy atom. The van der Waals surface area contributed by atoms with E-state index in [1.165, 1.54) is 6.92 Å². The maximum Gasteiger partial charge on any atom is 0.327 e. The van der Waals surface area contributed by atoms with Gasteiger partial charge in [-0.05, 0) is 56.6 Å². The molecule has 0 N–H and O–H groups in total. The van der Waals surface area contributed by atoms with Crippen LogP contribution in [0.5, 0.6) is 0 Å². The normalized spacial score (nSPS) is 15.8. The van der Waals surface area contributed by atoms with Gasteiger partial charge in [0.2, 0.25) is 0 Å². The lowest BCUT2D eigenvalue weighted by Gasteiger charge is -2.27. The van der Waals surface area contributed by atoms with Crippen LogP contribution in [0.4, 0.5) is 8.78 Å². The third-order valence-electron chi connectivity index (χ3n) is 2.13. The quantitative estimate of drug-likeness (QED) is 0.327. The van der Waals surface area contributed by atoms with Gasteiger partial charge in [0, 0.05) is 0 Å². The first-order chi connectivity index (χ1) is 8.82. The summed E-state index contributed by atoms with van der Waals surface area (Å²) in [7, 11) is 0. The fourth-order valence-electron chi connectivity index (χ4n) is 1.15. The van der Waals surface area contributed by atoms with Gasteiger partial charge in [-0.1, -0.05) is 6.08 Å². The highest BCUT2D eigenvalue weighted by atomic mass is 79.9. The smallest absolute Gasteiger partial charge is 0.327 e. The van der Waals surface area contributed by atoms with Crippen molar-refractivity contribution in [1.29, 1.82) is 0 Å². The molecule has 0 heterocycles. The summed E-state index contributed by atoms with van der Waals surface area (Å²) >= 11 is 2.11. The van der Waals surface area contributed by atoms with Gasteiger partial charge in [0.05, 0.1) is 6.61 Å². The molecule has 0 aliphatic heterocycles. The molecule has 0 bridgehead atoms. The van der Waals surface area contributed by atoms with Crippen molar-refractivity contribution in [3.63, 3.8) is 0 Å². The predicted octanol–water partition coefficient (Wildman–Crippen LogP) is 3.44. The van der Waals surface area contributed by atoms with Crippen LogP contribution in [0.2, 0.25) is 0 Å². The minimum Gasteiger partial charge on any atom is -0.465 e. The van der Waals surface area contributed by atoms with Crippen molar-refractivity contribution in [3.8, 4) is 0 Å². The van der Waals surface area contributed by atoms with Crippen molar-refractivity contribution in [2.24, 2.45) is 5.41 Å². The summed E-state index contributed by atoms with van der Waals surface area (Å²) in [6.45, 7) is 7.58. The number of carbonyl (C=O) groups is 2. The second kappa shape index (κ2) is 6.65. The van der Waals surface area contributed by atoms with Gasteiger partial charge < -0.3 is 9.47 Å². The Bertz CT molecular complexity index is 396. The molecule has 0 aliphatic rings. The maximum atomic E-state index is 12.8. The molecule has 0 aromatic carbocycles. The van der Waals surface area contributed by atoms with E-state index in [1.807, 2.05) is 0 Å². The lowest BCUT2D eigenvalue weighted by atomic mass is 9.90. The van der Waals surface area contributed by atoms with E-state index in [4.69, 9.17) is 9.47 Å². The molecule has 116 valence electrons. The van der Waals surface area contributed by atoms with E-state index in [-0.39, 0.29) is 6.61 Å². The number of allylic oxidation sites excluding steroid dienone is 1. The highest BCUT2D eigenvalue weighted by Gasteiger charge is 2.44. The Morgan fingerprint density at radius 1 is 1.10 bits per heavy atom.